The van der Waals surface area contributed by atoms with Crippen molar-refractivity contribution in [2.24, 2.45) is 0 Å². The van der Waals surface area contributed by atoms with Gasteiger partial charge in [0.1, 0.15) is 0 Å². The van der Waals surface area contributed by atoms with E-state index in [0.717, 1.165) is 0 Å². The molecule has 2 spiro atoms. The van der Waals surface area contributed by atoms with Crippen LogP contribution in [0.5, 0.6) is 0 Å². The van der Waals surface area contributed by atoms with Gasteiger partial charge in [-0.1, -0.05) is 0 Å². The first-order valence-electron chi connectivity index (χ1n) is 5.86. The van der Waals surface area contributed by atoms with E-state index < -0.39 is 64.6 Å². The van der Waals surface area contributed by atoms with Gasteiger partial charge in [-0.25, -0.2) is 37.3 Å². The summed E-state index contributed by atoms with van der Waals surface area (Å²) in [5.41, 5.74) is 0. The quantitative estimate of drug-likeness (QED) is 0.499. The Morgan fingerprint density at radius 2 is 0.727 bits per heavy atom. The van der Waals surface area contributed by atoms with Crippen molar-refractivity contribution in [3.8, 4) is 0 Å². The fourth-order valence-corrected chi connectivity index (χ4v) is 6.07. The first kappa shape index (κ1) is 13.1. The lowest BCUT2D eigenvalue weighted by Gasteiger charge is -2.08. The SMILES string of the molecule is O=C1O[P+]23OC(=O)C(O2)C2O[P+]4(OC(=O)C(O4)C1O3)OC2=O. The fourth-order valence-electron chi connectivity index (χ4n) is 2.35. The van der Waals surface area contributed by atoms with E-state index >= 15 is 0 Å². The third-order valence-corrected chi connectivity index (χ3v) is 6.81. The van der Waals surface area contributed by atoms with Gasteiger partial charge >= 0.3 is 40.2 Å². The molecule has 0 aromatic heterocycles. The number of rotatable bonds is 0. The normalized spacial score (nSPS) is 51.3. The Morgan fingerprint density at radius 1 is 0.500 bits per heavy atom. The lowest BCUT2D eigenvalue weighted by Crippen LogP contribution is -2.37. The molecule has 4 atom stereocenters. The summed E-state index contributed by atoms with van der Waals surface area (Å²) in [5.74, 6) is -4.08. The Balaban J connectivity index is 1.66. The molecule has 116 valence electrons. The summed E-state index contributed by atoms with van der Waals surface area (Å²) in [6, 6.07) is 0. The summed E-state index contributed by atoms with van der Waals surface area (Å²) in [6.45, 7) is 0. The summed E-state index contributed by atoms with van der Waals surface area (Å²) < 4.78 is 40.2. The lowest BCUT2D eigenvalue weighted by molar-refractivity contribution is -0.147. The zero-order chi connectivity index (χ0) is 15.3. The highest BCUT2D eigenvalue weighted by Gasteiger charge is 2.85. The molecule has 5 aliphatic heterocycles. The summed E-state index contributed by atoms with van der Waals surface area (Å²) in [4.78, 5) is 47.4. The van der Waals surface area contributed by atoms with E-state index in [2.05, 4.69) is 0 Å². The molecule has 0 aromatic carbocycles. The van der Waals surface area contributed by atoms with Crippen molar-refractivity contribution in [1.29, 1.82) is 0 Å². The Hall–Kier alpha value is -1.42. The van der Waals surface area contributed by atoms with Crippen LogP contribution in [0, 0.1) is 0 Å². The van der Waals surface area contributed by atoms with Crippen LogP contribution >= 0.6 is 16.3 Å². The van der Waals surface area contributed by atoms with E-state index in [-0.39, 0.29) is 0 Å². The monoisotopic (exact) mass is 354 g/mol. The van der Waals surface area contributed by atoms with Crippen LogP contribution in [0.2, 0.25) is 0 Å². The van der Waals surface area contributed by atoms with Gasteiger partial charge in [-0.2, -0.15) is 0 Å². The minimum absolute atomic E-state index is 1.02. The van der Waals surface area contributed by atoms with Crippen LogP contribution in [0.3, 0.4) is 0 Å². The molecule has 5 rings (SSSR count). The Morgan fingerprint density at radius 3 is 0.955 bits per heavy atom. The molecule has 0 saturated carbocycles. The molecule has 5 saturated heterocycles. The lowest BCUT2D eigenvalue weighted by atomic mass is 10.2. The molecular formula is C8H4O12P2+2. The van der Waals surface area contributed by atoms with Gasteiger partial charge in [0.25, 0.3) is 24.4 Å². The van der Waals surface area contributed by atoms with Gasteiger partial charge in [-0.15, -0.1) is 18.1 Å². The topological polar surface area (TPSA) is 142 Å². The third-order valence-electron chi connectivity index (χ3n) is 3.26. The largest absolute Gasteiger partial charge is 0.677 e. The molecule has 0 N–H and O–H groups in total. The van der Waals surface area contributed by atoms with Gasteiger partial charge in [0, 0.05) is 0 Å². The van der Waals surface area contributed by atoms with Gasteiger partial charge in [-0.3, -0.25) is 0 Å². The van der Waals surface area contributed by atoms with Crippen molar-refractivity contribution in [3.63, 3.8) is 0 Å². The maximum Gasteiger partial charge on any atom is 0.677 e. The number of hydrogen-bond acceptors (Lipinski definition) is 12. The third kappa shape index (κ3) is 1.47. The van der Waals surface area contributed by atoms with Crippen molar-refractivity contribution < 1.29 is 55.4 Å². The van der Waals surface area contributed by atoms with Gasteiger partial charge in [0.05, 0.1) is 0 Å². The summed E-state index contributed by atoms with van der Waals surface area (Å²) in [5, 5.41) is 0. The molecule has 0 amide bonds. The van der Waals surface area contributed by atoms with Crippen molar-refractivity contribution in [1.82, 2.24) is 0 Å². The molecule has 6 bridgehead atoms. The Labute approximate surface area is 121 Å². The van der Waals surface area contributed by atoms with Crippen molar-refractivity contribution >= 4 is 40.2 Å². The van der Waals surface area contributed by atoms with Crippen molar-refractivity contribution in [3.05, 3.63) is 0 Å². The minimum Gasteiger partial charge on any atom is -0.243 e. The van der Waals surface area contributed by atoms with E-state index in [9.17, 15) is 19.2 Å². The highest BCUT2D eigenvalue weighted by Crippen LogP contribution is 2.78. The first-order chi connectivity index (χ1) is 10.4. The van der Waals surface area contributed by atoms with Gasteiger partial charge in [-0.05, 0) is 0 Å². The number of carbonyl (C=O) groups is 4. The van der Waals surface area contributed by atoms with E-state index in [1.165, 1.54) is 0 Å². The smallest absolute Gasteiger partial charge is 0.243 e. The van der Waals surface area contributed by atoms with Gasteiger partial charge < -0.3 is 0 Å². The maximum absolute atomic E-state index is 11.9. The molecule has 5 aliphatic rings. The Kier molecular flexibility index (Phi) is 2.21. The van der Waals surface area contributed by atoms with Crippen LogP contribution in [0.15, 0.2) is 0 Å². The molecule has 0 aliphatic carbocycles. The van der Waals surface area contributed by atoms with Crippen LogP contribution in [-0.2, 0) is 55.4 Å². The van der Waals surface area contributed by atoms with Crippen LogP contribution in [0.25, 0.3) is 0 Å². The molecule has 0 aromatic rings. The minimum atomic E-state index is -3.82. The van der Waals surface area contributed by atoms with E-state index in [4.69, 9.17) is 36.2 Å². The van der Waals surface area contributed by atoms with Gasteiger partial charge in [0.15, 0.2) is 0 Å². The van der Waals surface area contributed by atoms with E-state index in [0.29, 0.717) is 0 Å². The predicted molar refractivity (Wildman–Crippen MR) is 57.7 cm³/mol. The molecule has 5 heterocycles. The average Bonchev–Trinajstić information content (AvgIpc) is 3.09. The summed E-state index contributed by atoms with van der Waals surface area (Å²) in [6.07, 6.45) is -6.31. The second-order valence-corrected chi connectivity index (χ2v) is 8.00. The zero-order valence-corrected chi connectivity index (χ0v) is 11.9. The standard InChI is InChI=1S/C8H4O12P2/c9-5-1-2-6(10)18-22(14-2)16-4(8(12)20-22)3-7(11)19-21(13-1,15-3)17-5/h1-4H/q+2. The van der Waals surface area contributed by atoms with Crippen LogP contribution in [0.4, 0.5) is 0 Å². The maximum atomic E-state index is 11.9. The molecule has 22 heavy (non-hydrogen) atoms. The summed E-state index contributed by atoms with van der Waals surface area (Å²) >= 11 is 0. The number of carbonyl (C=O) groups excluding carboxylic acids is 4. The van der Waals surface area contributed by atoms with Crippen LogP contribution in [-0.4, -0.2) is 48.3 Å². The average molecular weight is 354 g/mol. The second kappa shape index (κ2) is 3.73. The number of hydrogen-bond donors (Lipinski definition) is 0. The number of fused-ring (bicyclic) bond motifs is 6. The van der Waals surface area contributed by atoms with Crippen molar-refractivity contribution in [2.75, 3.05) is 0 Å². The predicted octanol–water partition coefficient (Wildman–Crippen LogP) is -0.877. The van der Waals surface area contributed by atoms with Crippen molar-refractivity contribution in [2.45, 2.75) is 24.4 Å². The fraction of sp³-hybridized carbons (Fsp3) is 0.500. The Bertz CT molecular complexity index is 548. The highest BCUT2D eigenvalue weighted by molar-refractivity contribution is 7.59. The molecule has 14 heteroatoms. The second-order valence-electron chi connectivity index (χ2n) is 4.64. The van der Waals surface area contributed by atoms with E-state index in [1.807, 2.05) is 0 Å². The van der Waals surface area contributed by atoms with Crippen LogP contribution < -0.4 is 0 Å². The van der Waals surface area contributed by atoms with E-state index in [1.54, 1.807) is 0 Å². The molecule has 0 radical (unpaired) electrons. The molecule has 12 nitrogen and oxygen atoms in total. The molecule has 5 fully saturated rings. The first-order valence-corrected chi connectivity index (χ1v) is 8.78. The zero-order valence-electron chi connectivity index (χ0n) is 10.1. The summed E-state index contributed by atoms with van der Waals surface area (Å²) in [7, 11) is -7.63. The van der Waals surface area contributed by atoms with Crippen LogP contribution in [0.1, 0.15) is 0 Å². The molecule has 4 unspecified atom stereocenters. The molecular weight excluding hydrogens is 350 g/mol. The highest BCUT2D eigenvalue weighted by atomic mass is 31.2. The van der Waals surface area contributed by atoms with Gasteiger partial charge in [0.2, 0.25) is 0 Å².